The Hall–Kier alpha value is -1.84. The fourth-order valence-electron chi connectivity index (χ4n) is 3.18. The molecule has 1 aliphatic rings. The first-order valence-corrected chi connectivity index (χ1v) is 7.76. The smallest absolute Gasteiger partial charge is 0.415 e. The molecule has 2 rings (SSSR count). The van der Waals surface area contributed by atoms with E-state index in [1.807, 2.05) is 59.7 Å². The third kappa shape index (κ3) is 2.74. The van der Waals surface area contributed by atoms with Crippen LogP contribution in [0.25, 0.3) is 0 Å². The highest BCUT2D eigenvalue weighted by molar-refractivity contribution is 6.10. The third-order valence-electron chi connectivity index (χ3n) is 4.14. The summed E-state index contributed by atoms with van der Waals surface area (Å²) < 4.78 is 5.57. The van der Waals surface area contributed by atoms with Crippen LogP contribution in [0.4, 0.5) is 10.5 Å². The fourth-order valence-corrected chi connectivity index (χ4v) is 3.18. The van der Waals surface area contributed by atoms with E-state index in [4.69, 9.17) is 4.74 Å². The number of fused-ring (bicyclic) bond motifs is 1. The van der Waals surface area contributed by atoms with Crippen molar-refractivity contribution in [2.45, 2.75) is 59.1 Å². The van der Waals surface area contributed by atoms with Gasteiger partial charge in [0.1, 0.15) is 5.60 Å². The summed E-state index contributed by atoms with van der Waals surface area (Å²) in [7, 11) is 0. The van der Waals surface area contributed by atoms with Crippen molar-refractivity contribution in [3.63, 3.8) is 0 Å². The van der Waals surface area contributed by atoms with Gasteiger partial charge in [0, 0.05) is 11.5 Å². The number of nitrogens with zero attached hydrogens (tertiary/aromatic N) is 1. The highest BCUT2D eigenvalue weighted by Crippen LogP contribution is 2.42. The van der Waals surface area contributed by atoms with Crippen LogP contribution in [0.2, 0.25) is 0 Å². The van der Waals surface area contributed by atoms with Crippen molar-refractivity contribution in [3.8, 4) is 0 Å². The first-order chi connectivity index (χ1) is 10.1. The molecule has 120 valence electrons. The van der Waals surface area contributed by atoms with Crippen LogP contribution in [-0.4, -0.2) is 23.0 Å². The van der Waals surface area contributed by atoms with Crippen molar-refractivity contribution >= 4 is 17.6 Å². The third-order valence-corrected chi connectivity index (χ3v) is 4.14. The molecule has 0 fully saturated rings. The minimum absolute atomic E-state index is 0.0999. The summed E-state index contributed by atoms with van der Waals surface area (Å²) in [6, 6.07) is 7.26. The maximum atomic E-state index is 12.8. The van der Waals surface area contributed by atoms with Crippen molar-refractivity contribution < 1.29 is 14.3 Å². The van der Waals surface area contributed by atoms with Gasteiger partial charge in [-0.2, -0.15) is 0 Å². The zero-order valence-electron chi connectivity index (χ0n) is 14.3. The lowest BCUT2D eigenvalue weighted by atomic mass is 9.75. The van der Waals surface area contributed by atoms with Crippen LogP contribution in [-0.2, 0) is 4.74 Å². The molecule has 4 nitrogen and oxygen atoms in total. The number of amides is 1. The molecular formula is C18H25NO3. The number of hydrogen-bond donors (Lipinski definition) is 0. The maximum absolute atomic E-state index is 12.8. The van der Waals surface area contributed by atoms with E-state index >= 15 is 0 Å². The van der Waals surface area contributed by atoms with Gasteiger partial charge in [-0.15, -0.1) is 0 Å². The topological polar surface area (TPSA) is 46.6 Å². The molecule has 1 heterocycles. The summed E-state index contributed by atoms with van der Waals surface area (Å²) in [6.07, 6.45) is 0.273. The van der Waals surface area contributed by atoms with Crippen molar-refractivity contribution in [2.24, 2.45) is 5.92 Å². The van der Waals surface area contributed by atoms with E-state index < -0.39 is 17.2 Å². The Balaban J connectivity index is 2.56. The average Bonchev–Trinajstić information content (AvgIpc) is 2.36. The van der Waals surface area contributed by atoms with E-state index in [9.17, 15) is 9.59 Å². The van der Waals surface area contributed by atoms with Gasteiger partial charge in [0.25, 0.3) is 0 Å². The lowest BCUT2D eigenvalue weighted by Gasteiger charge is -2.47. The predicted molar refractivity (Wildman–Crippen MR) is 87.3 cm³/mol. The van der Waals surface area contributed by atoms with Crippen LogP contribution in [0.3, 0.4) is 0 Å². The van der Waals surface area contributed by atoms with E-state index in [0.717, 1.165) is 0 Å². The summed E-state index contributed by atoms with van der Waals surface area (Å²) >= 11 is 0. The molecular weight excluding hydrogens is 278 g/mol. The number of ether oxygens (including phenoxy) is 1. The number of anilines is 1. The summed E-state index contributed by atoms with van der Waals surface area (Å²) in [5.74, 6) is -0.141. The molecule has 22 heavy (non-hydrogen) atoms. The van der Waals surface area contributed by atoms with Gasteiger partial charge in [0.05, 0.1) is 11.2 Å². The molecule has 0 aliphatic carbocycles. The quantitative estimate of drug-likeness (QED) is 0.771. The van der Waals surface area contributed by atoms with Gasteiger partial charge in [-0.3, -0.25) is 9.69 Å². The molecule has 0 saturated carbocycles. The normalized spacial score (nSPS) is 20.5. The van der Waals surface area contributed by atoms with Crippen molar-refractivity contribution in [1.29, 1.82) is 0 Å². The second-order valence-corrected chi connectivity index (χ2v) is 7.31. The van der Waals surface area contributed by atoms with Crippen LogP contribution < -0.4 is 4.90 Å². The Morgan fingerprint density at radius 3 is 2.41 bits per heavy atom. The average molecular weight is 303 g/mol. The molecule has 0 N–H and O–H groups in total. The standard InChI is InChI=1S/C18H25NO3/c1-7-13-15(20)12-10-8-9-11-14(12)19(18(13,5)6)16(21)22-17(2,3)4/h8-11,13H,7H2,1-6H3. The number of carbonyl (C=O) groups excluding carboxylic acids is 2. The van der Waals surface area contributed by atoms with E-state index in [1.165, 1.54) is 0 Å². The van der Waals surface area contributed by atoms with Gasteiger partial charge in [-0.25, -0.2) is 4.79 Å². The molecule has 0 radical (unpaired) electrons. The Labute approximate surface area is 132 Å². The van der Waals surface area contributed by atoms with Crippen molar-refractivity contribution in [2.75, 3.05) is 4.90 Å². The monoisotopic (exact) mass is 303 g/mol. The SMILES string of the molecule is CCC1C(=O)c2ccccc2N(C(=O)OC(C)(C)C)C1(C)C. The Kier molecular flexibility index (Phi) is 4.07. The van der Waals surface area contributed by atoms with Gasteiger partial charge < -0.3 is 4.74 Å². The molecule has 1 aromatic carbocycles. The molecule has 1 atom stereocenters. The summed E-state index contributed by atoms with van der Waals surface area (Å²) in [4.78, 5) is 27.1. The number of benzene rings is 1. The van der Waals surface area contributed by atoms with Crippen LogP contribution in [0.1, 0.15) is 58.3 Å². The van der Waals surface area contributed by atoms with Crippen LogP contribution in [0.5, 0.6) is 0 Å². The first kappa shape index (κ1) is 16.5. The Morgan fingerprint density at radius 2 is 1.86 bits per heavy atom. The molecule has 1 aliphatic heterocycles. The molecule has 0 saturated heterocycles. The number of Topliss-reactive ketones (excluding diaryl/α,β-unsaturated/α-hetero) is 1. The highest BCUT2D eigenvalue weighted by atomic mass is 16.6. The lowest BCUT2D eigenvalue weighted by Crippen LogP contribution is -2.59. The lowest BCUT2D eigenvalue weighted by molar-refractivity contribution is 0.0505. The van der Waals surface area contributed by atoms with Gasteiger partial charge in [-0.1, -0.05) is 19.1 Å². The zero-order chi connectivity index (χ0) is 16.7. The van der Waals surface area contributed by atoms with E-state index in [0.29, 0.717) is 17.7 Å². The van der Waals surface area contributed by atoms with Gasteiger partial charge >= 0.3 is 6.09 Å². The second kappa shape index (κ2) is 5.41. The highest BCUT2D eigenvalue weighted by Gasteiger charge is 2.48. The molecule has 0 aromatic heterocycles. The van der Waals surface area contributed by atoms with Crippen molar-refractivity contribution in [3.05, 3.63) is 29.8 Å². The molecule has 1 amide bonds. The minimum atomic E-state index is -0.622. The van der Waals surface area contributed by atoms with E-state index in [-0.39, 0.29) is 11.7 Å². The Morgan fingerprint density at radius 1 is 1.27 bits per heavy atom. The molecule has 4 heteroatoms. The van der Waals surface area contributed by atoms with E-state index in [1.54, 1.807) is 11.0 Å². The van der Waals surface area contributed by atoms with Crippen LogP contribution in [0, 0.1) is 5.92 Å². The maximum Gasteiger partial charge on any atom is 0.415 e. The first-order valence-electron chi connectivity index (χ1n) is 7.76. The molecule has 0 spiro atoms. The number of para-hydroxylation sites is 1. The van der Waals surface area contributed by atoms with Gasteiger partial charge in [-0.05, 0) is 53.2 Å². The summed E-state index contributed by atoms with van der Waals surface area (Å²) in [5, 5.41) is 0. The number of ketones is 1. The molecule has 0 bridgehead atoms. The van der Waals surface area contributed by atoms with Gasteiger partial charge in [0.15, 0.2) is 5.78 Å². The number of rotatable bonds is 1. The summed E-state index contributed by atoms with van der Waals surface area (Å²) in [6.45, 7) is 11.4. The summed E-state index contributed by atoms with van der Waals surface area (Å²) in [5.41, 5.74) is 0.0318. The second-order valence-electron chi connectivity index (χ2n) is 7.31. The largest absolute Gasteiger partial charge is 0.443 e. The molecule has 1 aromatic rings. The van der Waals surface area contributed by atoms with E-state index in [2.05, 4.69) is 0 Å². The van der Waals surface area contributed by atoms with Gasteiger partial charge in [0.2, 0.25) is 0 Å². The predicted octanol–water partition coefficient (Wildman–Crippen LogP) is 4.43. The van der Waals surface area contributed by atoms with Crippen molar-refractivity contribution in [1.82, 2.24) is 0 Å². The number of hydrogen-bond acceptors (Lipinski definition) is 3. The molecule has 1 unspecified atom stereocenters. The fraction of sp³-hybridized carbons (Fsp3) is 0.556. The minimum Gasteiger partial charge on any atom is -0.443 e. The Bertz CT molecular complexity index is 599. The van der Waals surface area contributed by atoms with Crippen LogP contribution >= 0.6 is 0 Å². The zero-order valence-corrected chi connectivity index (χ0v) is 14.3. The number of carbonyl (C=O) groups is 2. The van der Waals surface area contributed by atoms with Crippen LogP contribution in [0.15, 0.2) is 24.3 Å².